The summed E-state index contributed by atoms with van der Waals surface area (Å²) < 4.78 is 0. The van der Waals surface area contributed by atoms with Crippen LogP contribution in [-0.4, -0.2) is 53.7 Å². The molecule has 3 atom stereocenters. The van der Waals surface area contributed by atoms with E-state index in [0.717, 1.165) is 56.0 Å². The Kier molecular flexibility index (Phi) is 13.7. The van der Waals surface area contributed by atoms with Crippen molar-refractivity contribution in [2.45, 2.75) is 103 Å². The number of carbonyl (C=O) groups excluding carboxylic acids is 2. The van der Waals surface area contributed by atoms with Crippen LogP contribution in [0.25, 0.3) is 0 Å². The zero-order valence-electron chi connectivity index (χ0n) is 23.6. The van der Waals surface area contributed by atoms with E-state index in [1.807, 2.05) is 45.3 Å². The second-order valence-corrected chi connectivity index (χ2v) is 11.3. The summed E-state index contributed by atoms with van der Waals surface area (Å²) in [5, 5.41) is 22.6. The van der Waals surface area contributed by atoms with E-state index in [9.17, 15) is 29.4 Å². The minimum absolute atomic E-state index is 0.0779. The Morgan fingerprint density at radius 1 is 0.974 bits per heavy atom. The van der Waals surface area contributed by atoms with Crippen molar-refractivity contribution in [2.24, 2.45) is 23.0 Å². The molecule has 0 saturated heterocycles. The van der Waals surface area contributed by atoms with E-state index in [4.69, 9.17) is 5.73 Å². The SMILES string of the molecule is C[B]CC[C@@H](CCCCN)C(=O)CC[C@H](CC1(C(=O)N[C@@H](Cc2ccc(C)cc2)C(=O)O)CCCC1)C(=O)O. The van der Waals surface area contributed by atoms with Gasteiger partial charge in [0.2, 0.25) is 5.91 Å². The van der Waals surface area contributed by atoms with E-state index in [0.29, 0.717) is 19.4 Å². The summed E-state index contributed by atoms with van der Waals surface area (Å²) in [4.78, 5) is 50.9. The maximum absolute atomic E-state index is 13.5. The summed E-state index contributed by atoms with van der Waals surface area (Å²) in [7, 11) is 2.04. The lowest BCUT2D eigenvalue weighted by molar-refractivity contribution is -0.147. The van der Waals surface area contributed by atoms with E-state index in [-0.39, 0.29) is 37.4 Å². The monoisotopic (exact) mass is 541 g/mol. The number of aliphatic carboxylic acids is 2. The highest BCUT2D eigenvalue weighted by Crippen LogP contribution is 2.44. The first-order valence-corrected chi connectivity index (χ1v) is 14.4. The van der Waals surface area contributed by atoms with Crippen LogP contribution in [0, 0.1) is 24.2 Å². The number of ketones is 1. The molecule has 1 aliphatic carbocycles. The molecule has 0 spiro atoms. The van der Waals surface area contributed by atoms with Crippen molar-refractivity contribution in [2.75, 3.05) is 6.54 Å². The Bertz CT molecular complexity index is 945. The van der Waals surface area contributed by atoms with Gasteiger partial charge in [-0.15, -0.1) is 0 Å². The van der Waals surface area contributed by atoms with E-state index >= 15 is 0 Å². The standard InChI is InChI=1S/C30H46BN2O6/c1-21-8-10-22(11-9-21)19-25(28(37)38)33-29(39)30(15-4-5-16-30)20-24(27(35)36)12-13-26(34)23(14-17-31-2)7-3-6-18-32/h8-11,23-25H,3-7,12-20,32H2,1-2H3,(H,33,39)(H,35,36)(H,37,38)/t23-,24-,25+/m1/s1. The average Bonchev–Trinajstić information content (AvgIpc) is 3.39. The number of benzene rings is 1. The van der Waals surface area contributed by atoms with E-state index < -0.39 is 35.2 Å². The van der Waals surface area contributed by atoms with Crippen molar-refractivity contribution in [3.8, 4) is 0 Å². The number of carboxylic acid groups (broad SMARTS) is 2. The predicted molar refractivity (Wildman–Crippen MR) is 153 cm³/mol. The number of hydrogen-bond donors (Lipinski definition) is 4. The molecule has 2 rings (SSSR count). The Morgan fingerprint density at radius 2 is 1.64 bits per heavy atom. The fraction of sp³-hybridized carbons (Fsp3) is 0.667. The van der Waals surface area contributed by atoms with Crippen molar-refractivity contribution in [3.05, 3.63) is 35.4 Å². The smallest absolute Gasteiger partial charge is 0.326 e. The normalized spacial score (nSPS) is 16.7. The lowest BCUT2D eigenvalue weighted by atomic mass is 9.72. The van der Waals surface area contributed by atoms with Gasteiger partial charge in [0.15, 0.2) is 0 Å². The predicted octanol–water partition coefficient (Wildman–Crippen LogP) is 4.41. The fourth-order valence-electron chi connectivity index (χ4n) is 5.72. The molecule has 1 aliphatic rings. The van der Waals surface area contributed by atoms with Crippen LogP contribution in [0.3, 0.4) is 0 Å². The van der Waals surface area contributed by atoms with Crippen LogP contribution >= 0.6 is 0 Å². The van der Waals surface area contributed by atoms with Crippen LogP contribution in [0.5, 0.6) is 0 Å². The third-order valence-corrected chi connectivity index (χ3v) is 8.20. The number of carbonyl (C=O) groups is 4. The minimum Gasteiger partial charge on any atom is -0.481 e. The van der Waals surface area contributed by atoms with Crippen molar-refractivity contribution >= 4 is 30.9 Å². The molecule has 39 heavy (non-hydrogen) atoms. The van der Waals surface area contributed by atoms with Gasteiger partial charge in [-0.25, -0.2) is 4.79 Å². The largest absolute Gasteiger partial charge is 0.481 e. The molecule has 9 heteroatoms. The molecule has 5 N–H and O–H groups in total. The lowest BCUT2D eigenvalue weighted by Crippen LogP contribution is -2.49. The topological polar surface area (TPSA) is 147 Å². The van der Waals surface area contributed by atoms with E-state index in [1.165, 1.54) is 0 Å². The van der Waals surface area contributed by atoms with Crippen LogP contribution in [-0.2, 0) is 25.6 Å². The van der Waals surface area contributed by atoms with E-state index in [1.54, 1.807) is 0 Å². The van der Waals surface area contributed by atoms with E-state index in [2.05, 4.69) is 5.32 Å². The van der Waals surface area contributed by atoms with Gasteiger partial charge in [0, 0.05) is 18.8 Å². The maximum atomic E-state index is 13.5. The molecule has 0 unspecified atom stereocenters. The molecule has 0 aliphatic heterocycles. The molecule has 1 aromatic carbocycles. The summed E-state index contributed by atoms with van der Waals surface area (Å²) in [6, 6.07) is 6.39. The molecule has 1 saturated carbocycles. The molecule has 8 nitrogen and oxygen atoms in total. The summed E-state index contributed by atoms with van der Waals surface area (Å²) >= 11 is 0. The Labute approximate surface area is 233 Å². The number of Topliss-reactive ketones (excluding diaryl/α,β-unsaturated/α-hetero) is 1. The van der Waals surface area contributed by atoms with Crippen molar-refractivity contribution < 1.29 is 29.4 Å². The van der Waals surface area contributed by atoms with Gasteiger partial charge >= 0.3 is 11.9 Å². The molecule has 1 fully saturated rings. The van der Waals surface area contributed by atoms with Gasteiger partial charge in [-0.3, -0.25) is 14.4 Å². The molecular formula is C30H46BN2O6. The van der Waals surface area contributed by atoms with Gasteiger partial charge < -0.3 is 21.3 Å². The second kappa shape index (κ2) is 16.4. The Balaban J connectivity index is 2.09. The minimum atomic E-state index is -1.12. The van der Waals surface area contributed by atoms with Crippen LogP contribution in [0.2, 0.25) is 13.1 Å². The fourth-order valence-corrected chi connectivity index (χ4v) is 5.72. The van der Waals surface area contributed by atoms with Crippen molar-refractivity contribution in [1.29, 1.82) is 0 Å². The second-order valence-electron chi connectivity index (χ2n) is 11.3. The van der Waals surface area contributed by atoms with Crippen LogP contribution in [0.15, 0.2) is 24.3 Å². The van der Waals surface area contributed by atoms with Crippen molar-refractivity contribution in [3.63, 3.8) is 0 Å². The van der Waals surface area contributed by atoms with Gasteiger partial charge in [0.25, 0.3) is 0 Å². The number of unbranched alkanes of at least 4 members (excludes halogenated alkanes) is 1. The van der Waals surface area contributed by atoms with Gasteiger partial charge in [-0.2, -0.15) is 0 Å². The molecule has 1 radical (unpaired) electrons. The number of nitrogens with two attached hydrogens (primary N) is 1. The number of rotatable bonds is 19. The summed E-state index contributed by atoms with van der Waals surface area (Å²) in [6.07, 6.45) is 7.26. The first-order chi connectivity index (χ1) is 18.6. The molecule has 0 bridgehead atoms. The zero-order valence-corrected chi connectivity index (χ0v) is 23.6. The highest BCUT2D eigenvalue weighted by molar-refractivity contribution is 6.33. The number of aryl methyl sites for hydroxylation is 1. The van der Waals surface area contributed by atoms with Crippen molar-refractivity contribution in [1.82, 2.24) is 5.32 Å². The summed E-state index contributed by atoms with van der Waals surface area (Å²) in [6.45, 7) is 4.49. The van der Waals surface area contributed by atoms with Gasteiger partial charge in [-0.05, 0) is 57.6 Å². The summed E-state index contributed by atoms with van der Waals surface area (Å²) in [5.74, 6) is -3.41. The average molecular weight is 542 g/mol. The molecular weight excluding hydrogens is 495 g/mol. The third-order valence-electron chi connectivity index (χ3n) is 8.20. The third kappa shape index (κ3) is 10.4. The Hall–Kier alpha value is -2.68. The van der Waals surface area contributed by atoms with Gasteiger partial charge in [0.1, 0.15) is 19.1 Å². The van der Waals surface area contributed by atoms with Crippen LogP contribution in [0.1, 0.15) is 81.8 Å². The lowest BCUT2D eigenvalue weighted by Gasteiger charge is -2.32. The zero-order chi connectivity index (χ0) is 28.8. The highest BCUT2D eigenvalue weighted by Gasteiger charge is 2.45. The Morgan fingerprint density at radius 3 is 2.21 bits per heavy atom. The first-order valence-electron chi connectivity index (χ1n) is 14.4. The number of carboxylic acids is 2. The summed E-state index contributed by atoms with van der Waals surface area (Å²) in [5.41, 5.74) is 6.53. The molecule has 1 amide bonds. The highest BCUT2D eigenvalue weighted by atomic mass is 16.4. The quantitative estimate of drug-likeness (QED) is 0.150. The van der Waals surface area contributed by atoms with Gasteiger partial charge in [0.05, 0.1) is 11.3 Å². The van der Waals surface area contributed by atoms with Crippen LogP contribution in [0.4, 0.5) is 0 Å². The number of hydrogen-bond acceptors (Lipinski definition) is 5. The maximum Gasteiger partial charge on any atom is 0.326 e. The molecule has 215 valence electrons. The van der Waals surface area contributed by atoms with Crippen LogP contribution < -0.4 is 11.1 Å². The molecule has 0 aromatic heterocycles. The number of amides is 1. The number of nitrogens with one attached hydrogen (secondary N) is 1. The van der Waals surface area contributed by atoms with Gasteiger partial charge in [-0.1, -0.05) is 68.7 Å². The molecule has 1 aromatic rings. The molecule has 0 heterocycles. The first kappa shape index (κ1) is 32.5.